The Morgan fingerprint density at radius 3 is 2.27 bits per heavy atom. The van der Waals surface area contributed by atoms with Gasteiger partial charge in [-0.05, 0) is 25.5 Å². The van der Waals surface area contributed by atoms with Gasteiger partial charge in [0.25, 0.3) is 0 Å². The molecule has 0 unspecified atom stereocenters. The van der Waals surface area contributed by atoms with Crippen molar-refractivity contribution < 1.29 is 9.90 Å². The van der Waals surface area contributed by atoms with E-state index in [1.54, 1.807) is 6.07 Å². The number of carbonyl (C=O) groups is 1. The molecule has 0 saturated heterocycles. The summed E-state index contributed by atoms with van der Waals surface area (Å²) in [5, 5.41) is 9.10. The zero-order chi connectivity index (χ0) is 11.8. The molecule has 0 radical (unpaired) electrons. The lowest BCUT2D eigenvalue weighted by Gasteiger charge is -2.21. The molecule has 0 amide bonds. The number of carboxylic acid groups (broad SMARTS) is 1. The number of carboxylic acids is 1. The number of rotatable bonds is 1. The summed E-state index contributed by atoms with van der Waals surface area (Å²) in [5.74, 6) is -0.907. The summed E-state index contributed by atoms with van der Waals surface area (Å²) in [6, 6.07) is 1.70. The number of pyridine rings is 1. The molecule has 15 heavy (non-hydrogen) atoms. The van der Waals surface area contributed by atoms with Gasteiger partial charge in [0, 0.05) is 11.1 Å². The molecule has 3 heteroatoms. The van der Waals surface area contributed by atoms with Crippen LogP contribution in [0.25, 0.3) is 0 Å². The molecule has 0 atom stereocenters. The van der Waals surface area contributed by atoms with Gasteiger partial charge in [0.05, 0.1) is 11.3 Å². The number of aromatic carboxylic acids is 1. The summed E-state index contributed by atoms with van der Waals surface area (Å²) < 4.78 is 0. The van der Waals surface area contributed by atoms with Crippen LogP contribution in [-0.4, -0.2) is 16.1 Å². The largest absolute Gasteiger partial charge is 0.478 e. The molecule has 3 nitrogen and oxygen atoms in total. The van der Waals surface area contributed by atoms with Crippen LogP contribution < -0.4 is 0 Å². The molecule has 0 aliphatic heterocycles. The lowest BCUT2D eigenvalue weighted by Crippen LogP contribution is -2.20. The van der Waals surface area contributed by atoms with Gasteiger partial charge < -0.3 is 5.11 Å². The lowest BCUT2D eigenvalue weighted by molar-refractivity contribution is 0.0693. The Bertz CT molecular complexity index is 403. The second-order valence-electron chi connectivity index (χ2n) is 4.84. The van der Waals surface area contributed by atoms with Gasteiger partial charge in [0.2, 0.25) is 0 Å². The van der Waals surface area contributed by atoms with E-state index in [1.807, 2.05) is 34.6 Å². The molecule has 0 aromatic carbocycles. The van der Waals surface area contributed by atoms with Crippen molar-refractivity contribution >= 4 is 5.97 Å². The van der Waals surface area contributed by atoms with Crippen molar-refractivity contribution in [3.05, 3.63) is 28.6 Å². The smallest absolute Gasteiger partial charge is 0.337 e. The van der Waals surface area contributed by atoms with Gasteiger partial charge in [-0.3, -0.25) is 4.98 Å². The third kappa shape index (κ3) is 2.35. The predicted octanol–water partition coefficient (Wildman–Crippen LogP) is 2.69. The number of aromatic nitrogens is 1. The second-order valence-corrected chi connectivity index (χ2v) is 4.84. The maximum absolute atomic E-state index is 11.1. The van der Waals surface area contributed by atoms with E-state index in [1.165, 1.54) is 0 Å². The summed E-state index contributed by atoms with van der Waals surface area (Å²) in [5.41, 5.74) is 2.53. The molecular weight excluding hydrogens is 190 g/mol. The molecule has 0 spiro atoms. The molecule has 0 aliphatic carbocycles. The van der Waals surface area contributed by atoms with E-state index in [-0.39, 0.29) is 5.41 Å². The van der Waals surface area contributed by atoms with E-state index in [2.05, 4.69) is 4.98 Å². The Morgan fingerprint density at radius 2 is 1.87 bits per heavy atom. The molecule has 1 rings (SSSR count). The van der Waals surface area contributed by atoms with Crippen LogP contribution in [0.5, 0.6) is 0 Å². The second kappa shape index (κ2) is 3.65. The Morgan fingerprint density at radius 1 is 1.33 bits per heavy atom. The minimum atomic E-state index is -0.907. The topological polar surface area (TPSA) is 50.2 Å². The van der Waals surface area contributed by atoms with Crippen molar-refractivity contribution in [2.45, 2.75) is 40.0 Å². The van der Waals surface area contributed by atoms with Crippen LogP contribution in [0, 0.1) is 13.8 Å². The third-order valence-corrected chi connectivity index (χ3v) is 2.41. The van der Waals surface area contributed by atoms with Crippen LogP contribution in [0.1, 0.15) is 48.1 Å². The molecule has 1 N–H and O–H groups in total. The molecule has 1 aromatic rings. The molecule has 0 bridgehead atoms. The average molecular weight is 207 g/mol. The van der Waals surface area contributed by atoms with Gasteiger partial charge in [-0.25, -0.2) is 4.79 Å². The van der Waals surface area contributed by atoms with E-state index in [0.717, 1.165) is 11.3 Å². The van der Waals surface area contributed by atoms with E-state index in [9.17, 15) is 4.79 Å². The first-order valence-corrected chi connectivity index (χ1v) is 4.95. The molecule has 82 valence electrons. The van der Waals surface area contributed by atoms with Crippen LogP contribution in [0.2, 0.25) is 0 Å². The van der Waals surface area contributed by atoms with Gasteiger partial charge in [0.15, 0.2) is 0 Å². The Kier molecular flexibility index (Phi) is 2.84. The van der Waals surface area contributed by atoms with Gasteiger partial charge in [-0.1, -0.05) is 20.8 Å². The summed E-state index contributed by atoms with van der Waals surface area (Å²) in [6.45, 7) is 9.68. The summed E-state index contributed by atoms with van der Waals surface area (Å²) in [4.78, 5) is 15.5. The first-order valence-electron chi connectivity index (χ1n) is 4.95. The monoisotopic (exact) mass is 207 g/mol. The zero-order valence-electron chi connectivity index (χ0n) is 9.88. The van der Waals surface area contributed by atoms with Crippen molar-refractivity contribution in [3.63, 3.8) is 0 Å². The molecular formula is C12H17NO2. The molecule has 0 aliphatic rings. The highest BCUT2D eigenvalue weighted by atomic mass is 16.4. The Hall–Kier alpha value is -1.38. The Balaban J connectivity index is 3.49. The first-order chi connectivity index (χ1) is 6.73. The highest BCUT2D eigenvalue weighted by molar-refractivity contribution is 5.89. The van der Waals surface area contributed by atoms with Gasteiger partial charge in [-0.15, -0.1) is 0 Å². The van der Waals surface area contributed by atoms with Crippen molar-refractivity contribution in [3.8, 4) is 0 Å². The number of aryl methyl sites for hydroxylation is 2. The fraction of sp³-hybridized carbons (Fsp3) is 0.500. The highest BCUT2D eigenvalue weighted by Gasteiger charge is 2.24. The highest BCUT2D eigenvalue weighted by Crippen LogP contribution is 2.25. The van der Waals surface area contributed by atoms with E-state index in [0.29, 0.717) is 11.3 Å². The normalized spacial score (nSPS) is 11.5. The molecule has 1 aromatic heterocycles. The number of hydrogen-bond acceptors (Lipinski definition) is 2. The van der Waals surface area contributed by atoms with Crippen LogP contribution >= 0.6 is 0 Å². The van der Waals surface area contributed by atoms with E-state index in [4.69, 9.17) is 5.11 Å². The maximum atomic E-state index is 11.1. The number of hydrogen-bond donors (Lipinski definition) is 1. The molecule has 0 fully saturated rings. The van der Waals surface area contributed by atoms with Crippen LogP contribution in [-0.2, 0) is 5.41 Å². The quantitative estimate of drug-likeness (QED) is 0.770. The van der Waals surface area contributed by atoms with Gasteiger partial charge in [-0.2, -0.15) is 0 Å². The zero-order valence-corrected chi connectivity index (χ0v) is 9.88. The predicted molar refractivity (Wildman–Crippen MR) is 59.4 cm³/mol. The maximum Gasteiger partial charge on any atom is 0.337 e. The van der Waals surface area contributed by atoms with Crippen molar-refractivity contribution in [1.82, 2.24) is 4.98 Å². The minimum absolute atomic E-state index is 0.244. The van der Waals surface area contributed by atoms with Crippen molar-refractivity contribution in [2.24, 2.45) is 0 Å². The molecule has 1 heterocycles. The van der Waals surface area contributed by atoms with Crippen LogP contribution in [0.3, 0.4) is 0 Å². The Labute approximate surface area is 90.2 Å². The minimum Gasteiger partial charge on any atom is -0.478 e. The van der Waals surface area contributed by atoms with Gasteiger partial charge in [0.1, 0.15) is 0 Å². The molecule has 0 saturated carbocycles. The average Bonchev–Trinajstić information content (AvgIpc) is 2.06. The standard InChI is InChI=1S/C12H17NO2/c1-7-6-9(11(14)15)10(12(3,4)5)13-8(7)2/h6H,1-5H3,(H,14,15). The van der Waals surface area contributed by atoms with E-state index >= 15 is 0 Å². The van der Waals surface area contributed by atoms with Crippen molar-refractivity contribution in [2.75, 3.05) is 0 Å². The summed E-state index contributed by atoms with van der Waals surface area (Å²) in [7, 11) is 0. The van der Waals surface area contributed by atoms with Gasteiger partial charge >= 0.3 is 5.97 Å². The van der Waals surface area contributed by atoms with Crippen LogP contribution in [0.15, 0.2) is 6.07 Å². The third-order valence-electron chi connectivity index (χ3n) is 2.41. The van der Waals surface area contributed by atoms with E-state index < -0.39 is 5.97 Å². The van der Waals surface area contributed by atoms with Crippen molar-refractivity contribution in [1.29, 1.82) is 0 Å². The first kappa shape index (κ1) is 11.7. The fourth-order valence-electron chi connectivity index (χ4n) is 1.44. The fourth-order valence-corrected chi connectivity index (χ4v) is 1.44. The summed E-state index contributed by atoms with van der Waals surface area (Å²) in [6.07, 6.45) is 0. The van der Waals surface area contributed by atoms with Crippen LogP contribution in [0.4, 0.5) is 0 Å². The number of nitrogens with zero attached hydrogens (tertiary/aromatic N) is 1. The SMILES string of the molecule is Cc1cc(C(=O)O)c(C(C)(C)C)nc1C. The lowest BCUT2D eigenvalue weighted by atomic mass is 9.87. The summed E-state index contributed by atoms with van der Waals surface area (Å²) >= 11 is 0.